The molecule has 2 bridgehead atoms. The van der Waals surface area contributed by atoms with E-state index in [-0.39, 0.29) is 109 Å². The predicted octanol–water partition coefficient (Wildman–Crippen LogP) is 6.61. The SMILES string of the molecule is C[C@@H]1CCO[C@H]2Cn3cc(C(=O)CCc4ccc(F)cc4F)c(=O)c(O)c3C(=O)N12.C[C@H]1CO[C@@H]2Cn3cc(C(=O)CCc4ccc(F)cc4F)c(=O)c(O)c3C(=O)N12.O=C(CCc1c(F)cc(F)cc1F)c1cn2c(c(O)c1=O)C(=O)N1[C@H]3CC[C@H](C3)O[C@H]1C2. The quantitative estimate of drug-likeness (QED) is 0.0860. The highest BCUT2D eigenvalue weighted by molar-refractivity contribution is 6.02. The number of fused-ring (bicyclic) bond motifs is 9. The van der Waals surface area contributed by atoms with Crippen molar-refractivity contribution >= 4 is 35.1 Å². The third-order valence-corrected chi connectivity index (χ3v) is 17.4. The number of rotatable bonds is 12. The van der Waals surface area contributed by atoms with Crippen molar-refractivity contribution in [2.45, 2.75) is 141 Å². The number of ether oxygens (including phenoxy) is 3. The molecule has 6 aliphatic heterocycles. The Morgan fingerprint density at radius 2 is 0.912 bits per heavy atom. The van der Waals surface area contributed by atoms with Crippen LogP contribution in [0.1, 0.15) is 138 Å². The van der Waals surface area contributed by atoms with Gasteiger partial charge in [0.2, 0.25) is 16.3 Å². The second-order valence-corrected chi connectivity index (χ2v) is 23.2. The van der Waals surface area contributed by atoms with Crippen LogP contribution < -0.4 is 16.3 Å². The number of amides is 3. The molecule has 0 radical (unpaired) electrons. The zero-order chi connectivity index (χ0) is 65.2. The minimum Gasteiger partial charge on any atom is -0.503 e. The molecule has 28 heteroatoms. The van der Waals surface area contributed by atoms with Gasteiger partial charge in [0.25, 0.3) is 17.7 Å². The molecular weight excluding hydrogens is 1210 g/mol. The fourth-order valence-corrected chi connectivity index (χ4v) is 12.7. The smallest absolute Gasteiger partial charge is 0.276 e. The fraction of sp³-hybridized carbons (Fsp3) is 0.381. The number of aryl methyl sites for hydroxylation is 2. The highest BCUT2D eigenvalue weighted by Gasteiger charge is 2.48. The normalized spacial score (nSPS) is 21.7. The van der Waals surface area contributed by atoms with Gasteiger partial charge in [-0.1, -0.05) is 12.1 Å². The number of carbonyl (C=O) groups excluding carboxylic acids is 6. The van der Waals surface area contributed by atoms with E-state index < -0.39 is 152 Å². The van der Waals surface area contributed by atoms with Crippen LogP contribution in [0.15, 0.2) is 81.5 Å². The zero-order valence-electron chi connectivity index (χ0n) is 48.6. The molecule has 21 nitrogen and oxygen atoms in total. The molecule has 7 atom stereocenters. The van der Waals surface area contributed by atoms with Crippen molar-refractivity contribution in [3.63, 3.8) is 0 Å². The van der Waals surface area contributed by atoms with Crippen molar-refractivity contribution in [3.05, 3.63) is 189 Å². The van der Waals surface area contributed by atoms with Gasteiger partial charge in [-0.15, -0.1) is 0 Å². The molecule has 3 amide bonds. The Bertz CT molecular complexity index is 4210. The summed E-state index contributed by atoms with van der Waals surface area (Å²) in [4.78, 5) is 119. The summed E-state index contributed by atoms with van der Waals surface area (Å²) in [6.07, 6.45) is 3.67. The fourth-order valence-electron chi connectivity index (χ4n) is 12.7. The Morgan fingerprint density at radius 1 is 0.495 bits per heavy atom. The van der Waals surface area contributed by atoms with E-state index in [1.54, 1.807) is 11.8 Å². The van der Waals surface area contributed by atoms with Crippen LogP contribution in [-0.4, -0.2) is 135 Å². The molecule has 3 saturated heterocycles. The Kier molecular flexibility index (Phi) is 17.5. The van der Waals surface area contributed by atoms with Crippen LogP contribution in [0.3, 0.4) is 0 Å². The van der Waals surface area contributed by atoms with Crippen LogP contribution in [0.5, 0.6) is 17.2 Å². The first kappa shape index (κ1) is 63.3. The summed E-state index contributed by atoms with van der Waals surface area (Å²) < 4.78 is 116. The molecular formula is C63H57F7N6O15. The van der Waals surface area contributed by atoms with Gasteiger partial charge in [0.05, 0.1) is 61.7 Å². The molecule has 1 aliphatic carbocycles. The summed E-state index contributed by atoms with van der Waals surface area (Å²) in [6.45, 7) is 4.97. The first-order valence-corrected chi connectivity index (χ1v) is 29.2. The van der Waals surface area contributed by atoms with Crippen molar-refractivity contribution < 1.29 is 89.0 Å². The molecule has 3 N–H and O–H groups in total. The maximum absolute atomic E-state index is 13.8. The minimum atomic E-state index is -1.13. The molecule has 9 heterocycles. The van der Waals surface area contributed by atoms with Gasteiger partial charge >= 0.3 is 0 Å². The van der Waals surface area contributed by atoms with E-state index in [1.165, 1.54) is 54.2 Å². The lowest BCUT2D eigenvalue weighted by Crippen LogP contribution is -2.57. The van der Waals surface area contributed by atoms with E-state index in [1.807, 2.05) is 6.92 Å². The number of halogens is 7. The lowest BCUT2D eigenvalue weighted by atomic mass is 10.0. The van der Waals surface area contributed by atoms with E-state index in [0.717, 1.165) is 37.1 Å². The summed E-state index contributed by atoms with van der Waals surface area (Å²) in [5.74, 6) is -12.3. The van der Waals surface area contributed by atoms with Gasteiger partial charge < -0.3 is 57.9 Å². The van der Waals surface area contributed by atoms with Crippen LogP contribution in [-0.2, 0) is 53.1 Å². The third-order valence-electron chi connectivity index (χ3n) is 17.4. The second kappa shape index (κ2) is 25.2. The van der Waals surface area contributed by atoms with Crippen LogP contribution in [0.2, 0.25) is 0 Å². The maximum Gasteiger partial charge on any atom is 0.276 e. The summed E-state index contributed by atoms with van der Waals surface area (Å²) in [5, 5.41) is 31.2. The molecule has 6 aromatic rings. The van der Waals surface area contributed by atoms with Crippen LogP contribution >= 0.6 is 0 Å². The molecule has 3 aromatic carbocycles. The standard InChI is InChI=1S/C22H19F3N2O5.C21H20F2N2O5.C20H18F2N2O5/c23-10-5-15(24)13(16(25)6-10)3-4-17(28)14-8-26-9-18-27(11-1-2-12(7-11)32-18)22(31)19(26)21(30)20(14)29;1-11-6-7-30-17-10-24-9-14(19(27)20(28)18(24)21(29)25(11)17)16(26)5-3-12-2-4-13(22)8-15(12)23;1-10-9-29-16-8-23-7-13(18(26)19(27)17(23)20(28)24(10)16)15(25)5-3-11-2-4-12(21)6-14(11)22/h5-6,8,11-12,18,30H,1-4,7,9H2;2,4,8-9,11,17,28H,3,5-7,10H2,1H3;2,4,6-7,10,16,27H,3,5,8-9H2,1H3/t11-,12+,18-;11-,17+;10-,16+/m010/s1. The third kappa shape index (κ3) is 12.1. The van der Waals surface area contributed by atoms with E-state index in [0.29, 0.717) is 38.2 Å². The number of nitrogens with zero attached hydrogens (tertiary/aromatic N) is 6. The number of ketones is 3. The van der Waals surface area contributed by atoms with Crippen molar-refractivity contribution in [1.82, 2.24) is 28.4 Å². The van der Waals surface area contributed by atoms with E-state index in [9.17, 15) is 89.2 Å². The Balaban J connectivity index is 0.000000140. The molecule has 1 saturated carbocycles. The summed E-state index contributed by atoms with van der Waals surface area (Å²) in [7, 11) is 0. The summed E-state index contributed by atoms with van der Waals surface area (Å²) in [6, 6.07) is 6.80. The van der Waals surface area contributed by atoms with E-state index >= 15 is 0 Å². The van der Waals surface area contributed by atoms with Gasteiger partial charge in [0.1, 0.15) is 40.7 Å². The Labute approximate surface area is 511 Å². The van der Waals surface area contributed by atoms with Crippen molar-refractivity contribution in [2.24, 2.45) is 0 Å². The average Bonchev–Trinajstić information content (AvgIpc) is 1.75. The second-order valence-electron chi connectivity index (χ2n) is 23.2. The number of hydrogen-bond acceptors (Lipinski definition) is 15. The number of hydrogen-bond donors (Lipinski definition) is 3. The van der Waals surface area contributed by atoms with Gasteiger partial charge in [-0.2, -0.15) is 0 Å². The van der Waals surface area contributed by atoms with Crippen LogP contribution in [0.4, 0.5) is 30.7 Å². The number of carbonyl (C=O) groups is 6. The predicted molar refractivity (Wildman–Crippen MR) is 302 cm³/mol. The van der Waals surface area contributed by atoms with Crippen molar-refractivity contribution in [3.8, 4) is 17.2 Å². The minimum absolute atomic E-state index is 0.0173. The molecule has 0 unspecified atom stereocenters. The number of aromatic nitrogens is 3. The summed E-state index contributed by atoms with van der Waals surface area (Å²) >= 11 is 0. The topological polar surface area (TPSA) is 267 Å². The summed E-state index contributed by atoms with van der Waals surface area (Å²) in [5.41, 5.74) is -4.62. The number of aromatic hydroxyl groups is 3. The molecule has 13 rings (SSSR count). The van der Waals surface area contributed by atoms with Crippen LogP contribution in [0, 0.1) is 40.7 Å². The number of Topliss-reactive ketones (excluding diaryl/α,β-unsaturated/α-hetero) is 3. The molecule has 91 heavy (non-hydrogen) atoms. The molecule has 478 valence electrons. The molecule has 4 fully saturated rings. The van der Waals surface area contributed by atoms with E-state index in [4.69, 9.17) is 14.2 Å². The van der Waals surface area contributed by atoms with Crippen molar-refractivity contribution in [2.75, 3.05) is 13.2 Å². The zero-order valence-corrected chi connectivity index (χ0v) is 48.6. The van der Waals surface area contributed by atoms with Gasteiger partial charge in [-0.25, -0.2) is 30.7 Å². The number of benzene rings is 3. The average molecular weight is 1270 g/mol. The first-order chi connectivity index (χ1) is 43.3. The highest BCUT2D eigenvalue weighted by atomic mass is 19.2. The maximum atomic E-state index is 13.8. The van der Waals surface area contributed by atoms with Gasteiger partial charge in [-0.05, 0) is 82.1 Å². The van der Waals surface area contributed by atoms with Gasteiger partial charge in [-0.3, -0.25) is 43.2 Å². The Hall–Kier alpha value is -9.28. The van der Waals surface area contributed by atoms with Crippen LogP contribution in [0.25, 0.3) is 0 Å². The lowest BCUT2D eigenvalue weighted by molar-refractivity contribution is -0.132. The number of pyridine rings is 3. The first-order valence-electron chi connectivity index (χ1n) is 29.2. The molecule has 3 aromatic heterocycles. The molecule has 0 spiro atoms. The lowest BCUT2D eigenvalue weighted by Gasteiger charge is -2.44. The van der Waals surface area contributed by atoms with Gasteiger partial charge in [0.15, 0.2) is 70.4 Å². The Morgan fingerprint density at radius 3 is 1.38 bits per heavy atom. The van der Waals surface area contributed by atoms with E-state index in [2.05, 4.69) is 0 Å². The monoisotopic (exact) mass is 1270 g/mol. The highest BCUT2D eigenvalue weighted by Crippen LogP contribution is 2.39. The largest absolute Gasteiger partial charge is 0.503 e. The van der Waals surface area contributed by atoms with Gasteiger partial charge in [0, 0.05) is 79.8 Å². The van der Waals surface area contributed by atoms with Crippen molar-refractivity contribution in [1.29, 1.82) is 0 Å². The molecule has 7 aliphatic rings.